The lowest BCUT2D eigenvalue weighted by molar-refractivity contribution is -0.138. The molecule has 2 rings (SSSR count). The number of unbranched alkanes of at least 4 members (excludes halogenated alkanes) is 1. The van der Waals surface area contributed by atoms with Crippen molar-refractivity contribution in [1.29, 1.82) is 0 Å². The van der Waals surface area contributed by atoms with Crippen LogP contribution < -0.4 is 21.7 Å². The molecule has 1 aliphatic heterocycles. The highest BCUT2D eigenvalue weighted by atomic mass is 16.5. The average Bonchev–Trinajstić information content (AvgIpc) is 3.29. The average molecular weight is 476 g/mol. The molecule has 0 radical (unpaired) electrons. The number of hydrogen-bond donors (Lipinski definition) is 4. The zero-order valence-corrected chi connectivity index (χ0v) is 20.9. The topological polar surface area (TPSA) is 109 Å². The fourth-order valence-electron chi connectivity index (χ4n) is 4.11. The van der Waals surface area contributed by atoms with Crippen LogP contribution in [-0.2, 0) is 20.9 Å². The van der Waals surface area contributed by atoms with E-state index in [9.17, 15) is 9.59 Å². The van der Waals surface area contributed by atoms with Crippen LogP contribution in [0.4, 0.5) is 0 Å². The smallest absolute Gasteiger partial charge is 0.242 e. The molecule has 1 aromatic rings. The SMILES string of the molecule is CCCC(=O)N1C[C@H](OCc2ccccc2)C[C@H]1C(=O)NCCCNCCCCNCCCN. The summed E-state index contributed by atoms with van der Waals surface area (Å²) in [6.07, 6.45) is 5.82. The molecule has 2 amide bonds. The van der Waals surface area contributed by atoms with E-state index in [1.54, 1.807) is 4.90 Å². The third kappa shape index (κ3) is 11.0. The van der Waals surface area contributed by atoms with Crippen LogP contribution in [0.25, 0.3) is 0 Å². The van der Waals surface area contributed by atoms with E-state index < -0.39 is 6.04 Å². The van der Waals surface area contributed by atoms with E-state index in [-0.39, 0.29) is 17.9 Å². The number of nitrogens with one attached hydrogen (secondary N) is 3. The largest absolute Gasteiger partial charge is 0.372 e. The maximum atomic E-state index is 12.9. The number of likely N-dealkylation sites (tertiary alicyclic amines) is 1. The summed E-state index contributed by atoms with van der Waals surface area (Å²) in [4.78, 5) is 27.2. The second-order valence-electron chi connectivity index (χ2n) is 8.96. The van der Waals surface area contributed by atoms with Gasteiger partial charge in [-0.05, 0) is 70.4 Å². The van der Waals surface area contributed by atoms with Gasteiger partial charge in [-0.15, -0.1) is 0 Å². The molecule has 1 heterocycles. The summed E-state index contributed by atoms with van der Waals surface area (Å²) in [6, 6.07) is 9.54. The Morgan fingerprint density at radius 1 is 1.00 bits per heavy atom. The first kappa shape index (κ1) is 28.2. The predicted octanol–water partition coefficient (Wildman–Crippen LogP) is 1.79. The molecule has 1 fully saturated rings. The van der Waals surface area contributed by atoms with Gasteiger partial charge in [0.25, 0.3) is 0 Å². The monoisotopic (exact) mass is 475 g/mol. The number of amides is 2. The maximum absolute atomic E-state index is 12.9. The van der Waals surface area contributed by atoms with E-state index in [2.05, 4.69) is 16.0 Å². The summed E-state index contributed by atoms with van der Waals surface area (Å²) >= 11 is 0. The van der Waals surface area contributed by atoms with E-state index in [4.69, 9.17) is 10.5 Å². The predicted molar refractivity (Wildman–Crippen MR) is 136 cm³/mol. The van der Waals surface area contributed by atoms with Crippen molar-refractivity contribution in [3.63, 3.8) is 0 Å². The molecule has 1 saturated heterocycles. The Hall–Kier alpha value is -2.00. The normalized spacial score (nSPS) is 17.8. The fourth-order valence-corrected chi connectivity index (χ4v) is 4.11. The summed E-state index contributed by atoms with van der Waals surface area (Å²) in [5.41, 5.74) is 6.57. The van der Waals surface area contributed by atoms with Gasteiger partial charge in [0, 0.05) is 25.9 Å². The van der Waals surface area contributed by atoms with E-state index in [0.29, 0.717) is 32.5 Å². The lowest BCUT2D eigenvalue weighted by Gasteiger charge is -2.23. The van der Waals surface area contributed by atoms with Crippen LogP contribution in [0.3, 0.4) is 0 Å². The van der Waals surface area contributed by atoms with Crippen LogP contribution in [-0.4, -0.2) is 74.7 Å². The van der Waals surface area contributed by atoms with Gasteiger partial charge in [0.1, 0.15) is 6.04 Å². The summed E-state index contributed by atoms with van der Waals surface area (Å²) in [5, 5.41) is 9.84. The quantitative estimate of drug-likeness (QED) is 0.241. The van der Waals surface area contributed by atoms with Crippen LogP contribution in [0.2, 0.25) is 0 Å². The molecule has 5 N–H and O–H groups in total. The summed E-state index contributed by atoms with van der Waals surface area (Å²) in [7, 11) is 0. The standard InChI is InChI=1S/C26H45N5O3/c1-2-10-25(32)31-20-23(34-21-22-11-4-3-5-12-22)19-24(31)26(33)30-18-9-17-29-15-7-6-14-28-16-8-13-27/h3-5,11-12,23-24,28-29H,2,6-10,13-21,27H2,1H3,(H,30,33)/t23-,24+/m1/s1. The van der Waals surface area contributed by atoms with Crippen molar-refractivity contribution in [1.82, 2.24) is 20.9 Å². The first-order chi connectivity index (χ1) is 16.7. The number of benzene rings is 1. The van der Waals surface area contributed by atoms with Gasteiger partial charge < -0.3 is 31.3 Å². The third-order valence-electron chi connectivity index (χ3n) is 6.02. The summed E-state index contributed by atoms with van der Waals surface area (Å²) in [5.74, 6) is -0.0357. The van der Waals surface area contributed by atoms with Crippen molar-refractivity contribution < 1.29 is 14.3 Å². The van der Waals surface area contributed by atoms with Crippen LogP contribution >= 0.6 is 0 Å². The molecule has 1 aromatic carbocycles. The molecular weight excluding hydrogens is 430 g/mol. The highest BCUT2D eigenvalue weighted by Crippen LogP contribution is 2.23. The number of hydrogen-bond acceptors (Lipinski definition) is 6. The molecule has 0 spiro atoms. The van der Waals surface area contributed by atoms with Gasteiger partial charge >= 0.3 is 0 Å². The van der Waals surface area contributed by atoms with Crippen LogP contribution in [0, 0.1) is 0 Å². The highest BCUT2D eigenvalue weighted by molar-refractivity contribution is 5.88. The fraction of sp³-hybridized carbons (Fsp3) is 0.692. The van der Waals surface area contributed by atoms with Crippen LogP contribution in [0.1, 0.15) is 57.4 Å². The lowest BCUT2D eigenvalue weighted by Crippen LogP contribution is -2.46. The van der Waals surface area contributed by atoms with Gasteiger partial charge in [-0.1, -0.05) is 37.3 Å². The second-order valence-corrected chi connectivity index (χ2v) is 8.96. The Morgan fingerprint density at radius 2 is 1.68 bits per heavy atom. The molecule has 2 atom stereocenters. The summed E-state index contributed by atoms with van der Waals surface area (Å²) in [6.45, 7) is 8.17. The lowest BCUT2D eigenvalue weighted by atomic mass is 10.1. The van der Waals surface area contributed by atoms with Gasteiger partial charge in [-0.25, -0.2) is 0 Å². The minimum absolute atomic E-state index is 0.0349. The van der Waals surface area contributed by atoms with Crippen molar-refractivity contribution >= 4 is 11.8 Å². The first-order valence-electron chi connectivity index (χ1n) is 13.0. The molecule has 0 aliphatic carbocycles. The van der Waals surface area contributed by atoms with Gasteiger partial charge in [-0.3, -0.25) is 9.59 Å². The maximum Gasteiger partial charge on any atom is 0.242 e. The van der Waals surface area contributed by atoms with E-state index >= 15 is 0 Å². The summed E-state index contributed by atoms with van der Waals surface area (Å²) < 4.78 is 6.05. The minimum atomic E-state index is -0.445. The molecular formula is C26H45N5O3. The second kappa shape index (κ2) is 17.4. The van der Waals surface area contributed by atoms with Crippen molar-refractivity contribution in [3.05, 3.63) is 35.9 Å². The van der Waals surface area contributed by atoms with E-state index in [0.717, 1.165) is 70.4 Å². The van der Waals surface area contributed by atoms with Gasteiger partial charge in [0.2, 0.25) is 11.8 Å². The van der Waals surface area contributed by atoms with Crippen molar-refractivity contribution in [2.75, 3.05) is 45.8 Å². The van der Waals surface area contributed by atoms with Crippen LogP contribution in [0.5, 0.6) is 0 Å². The number of rotatable bonds is 18. The van der Waals surface area contributed by atoms with Crippen molar-refractivity contribution in [3.8, 4) is 0 Å². The van der Waals surface area contributed by atoms with Gasteiger partial charge in [0.05, 0.1) is 12.7 Å². The Balaban J connectivity index is 1.64. The number of nitrogens with two attached hydrogens (primary N) is 1. The van der Waals surface area contributed by atoms with Crippen molar-refractivity contribution in [2.24, 2.45) is 5.73 Å². The molecule has 192 valence electrons. The number of nitrogens with zero attached hydrogens (tertiary/aromatic N) is 1. The van der Waals surface area contributed by atoms with Gasteiger partial charge in [-0.2, -0.15) is 0 Å². The molecule has 0 aromatic heterocycles. The van der Waals surface area contributed by atoms with Crippen molar-refractivity contribution in [2.45, 2.75) is 70.6 Å². The molecule has 8 heteroatoms. The van der Waals surface area contributed by atoms with Crippen LogP contribution in [0.15, 0.2) is 30.3 Å². The van der Waals surface area contributed by atoms with Gasteiger partial charge in [0.15, 0.2) is 0 Å². The third-order valence-corrected chi connectivity index (χ3v) is 6.02. The number of carbonyl (C=O) groups excluding carboxylic acids is 2. The highest BCUT2D eigenvalue weighted by Gasteiger charge is 2.39. The molecule has 0 saturated carbocycles. The number of carbonyl (C=O) groups is 2. The Morgan fingerprint density at radius 3 is 2.35 bits per heavy atom. The Kier molecular flexibility index (Phi) is 14.5. The van der Waals surface area contributed by atoms with E-state index in [1.807, 2.05) is 37.3 Å². The minimum Gasteiger partial charge on any atom is -0.372 e. The van der Waals surface area contributed by atoms with E-state index in [1.165, 1.54) is 0 Å². The zero-order valence-electron chi connectivity index (χ0n) is 20.9. The molecule has 1 aliphatic rings. The first-order valence-corrected chi connectivity index (χ1v) is 13.0. The molecule has 0 unspecified atom stereocenters. The Bertz CT molecular complexity index is 688. The molecule has 0 bridgehead atoms. The Labute approximate surface area is 205 Å². The molecule has 8 nitrogen and oxygen atoms in total. The zero-order chi connectivity index (χ0) is 24.4. The number of ether oxygens (including phenoxy) is 1. The molecule has 34 heavy (non-hydrogen) atoms.